The molecular formula is C19H29ClN6. The molecule has 0 unspecified atom stereocenters. The lowest BCUT2D eigenvalue weighted by Gasteiger charge is -2.32. The number of hydrogen-bond donors (Lipinski definition) is 4. The monoisotopic (exact) mass is 376 g/mol. The lowest BCUT2D eigenvalue weighted by molar-refractivity contribution is 0.155. The van der Waals surface area contributed by atoms with Crippen LogP contribution in [0.4, 0.5) is 0 Å². The Morgan fingerprint density at radius 3 is 2.35 bits per heavy atom. The fraction of sp³-hybridized carbons (Fsp3) is 0.421. The summed E-state index contributed by atoms with van der Waals surface area (Å²) in [5.41, 5.74) is 14.4. The fourth-order valence-corrected chi connectivity index (χ4v) is 3.28. The summed E-state index contributed by atoms with van der Waals surface area (Å²) in [7, 11) is 2.15. The summed E-state index contributed by atoms with van der Waals surface area (Å²) < 4.78 is 0. The predicted octanol–water partition coefficient (Wildman–Crippen LogP) is 1.60. The SMILES string of the molecule is C/C(NCCN1CCN(C)CC1)=C(C(=N)N)\C(Cl)=C(/N)c1ccccc1. The smallest absolute Gasteiger partial charge is 0.126 e. The van der Waals surface area contributed by atoms with E-state index in [1.54, 1.807) is 0 Å². The van der Waals surface area contributed by atoms with Gasteiger partial charge in [0.15, 0.2) is 0 Å². The van der Waals surface area contributed by atoms with Crippen LogP contribution >= 0.6 is 11.6 Å². The van der Waals surface area contributed by atoms with Gasteiger partial charge in [-0.05, 0) is 19.5 Å². The first-order chi connectivity index (χ1) is 12.4. The summed E-state index contributed by atoms with van der Waals surface area (Å²) in [4.78, 5) is 4.75. The first-order valence-corrected chi connectivity index (χ1v) is 9.19. The van der Waals surface area contributed by atoms with Gasteiger partial charge in [-0.15, -0.1) is 0 Å². The van der Waals surface area contributed by atoms with Crippen molar-refractivity contribution in [1.82, 2.24) is 15.1 Å². The van der Waals surface area contributed by atoms with E-state index in [0.717, 1.165) is 50.5 Å². The molecule has 0 spiro atoms. The van der Waals surface area contributed by atoms with Gasteiger partial charge in [0.05, 0.1) is 16.3 Å². The fourth-order valence-electron chi connectivity index (χ4n) is 2.93. The standard InChI is InChI=1S/C19H29ClN6/c1-14(24-8-9-26-12-10-25(2)11-13-26)16(19(22)23)17(20)18(21)15-6-4-3-5-7-15/h3-7,24H,8-13,21H2,1-2H3,(H3,22,23)/b16-14-,18-17+. The van der Waals surface area contributed by atoms with E-state index in [1.165, 1.54) is 0 Å². The number of hydrogen-bond acceptors (Lipinski definition) is 5. The summed E-state index contributed by atoms with van der Waals surface area (Å²) in [6, 6.07) is 9.46. The van der Waals surface area contributed by atoms with Crippen molar-refractivity contribution < 1.29 is 0 Å². The molecule has 1 saturated heterocycles. The number of nitrogens with one attached hydrogen (secondary N) is 2. The van der Waals surface area contributed by atoms with Gasteiger partial charge in [0, 0.05) is 45.0 Å². The maximum atomic E-state index is 7.91. The molecule has 1 heterocycles. The van der Waals surface area contributed by atoms with Crippen molar-refractivity contribution in [1.29, 1.82) is 5.41 Å². The molecule has 1 aliphatic rings. The van der Waals surface area contributed by atoms with Crippen molar-refractivity contribution in [2.24, 2.45) is 11.5 Å². The molecule has 0 saturated carbocycles. The zero-order chi connectivity index (χ0) is 19.1. The van der Waals surface area contributed by atoms with Crippen LogP contribution < -0.4 is 16.8 Å². The molecule has 0 atom stereocenters. The van der Waals surface area contributed by atoms with E-state index >= 15 is 0 Å². The number of amidine groups is 1. The average molecular weight is 377 g/mol. The van der Waals surface area contributed by atoms with Gasteiger partial charge in [-0.1, -0.05) is 41.9 Å². The van der Waals surface area contributed by atoms with Crippen LogP contribution in [0.5, 0.6) is 0 Å². The van der Waals surface area contributed by atoms with Crippen molar-refractivity contribution in [3.63, 3.8) is 0 Å². The third-order valence-corrected chi connectivity index (χ3v) is 4.99. The van der Waals surface area contributed by atoms with E-state index in [1.807, 2.05) is 37.3 Å². The molecule has 2 rings (SSSR count). The second kappa shape index (κ2) is 9.62. The van der Waals surface area contributed by atoms with Gasteiger partial charge >= 0.3 is 0 Å². The number of rotatable bonds is 7. The Morgan fingerprint density at radius 2 is 1.77 bits per heavy atom. The predicted molar refractivity (Wildman–Crippen MR) is 110 cm³/mol. The van der Waals surface area contributed by atoms with Crippen molar-refractivity contribution in [3.8, 4) is 0 Å². The van der Waals surface area contributed by atoms with Crippen LogP contribution in [-0.4, -0.2) is 62.0 Å². The van der Waals surface area contributed by atoms with Gasteiger partial charge in [0.2, 0.25) is 0 Å². The first kappa shape index (κ1) is 20.3. The molecule has 0 amide bonds. The topological polar surface area (TPSA) is 94.4 Å². The van der Waals surface area contributed by atoms with Gasteiger partial charge in [0.25, 0.3) is 0 Å². The highest BCUT2D eigenvalue weighted by molar-refractivity contribution is 6.38. The zero-order valence-electron chi connectivity index (χ0n) is 15.6. The Balaban J connectivity index is 2.07. The van der Waals surface area contributed by atoms with Gasteiger partial charge in [0.1, 0.15) is 5.84 Å². The Kier molecular flexibility index (Phi) is 7.50. The van der Waals surface area contributed by atoms with Crippen LogP contribution in [0.2, 0.25) is 0 Å². The number of likely N-dealkylation sites (N-methyl/N-ethyl adjacent to an activating group) is 1. The van der Waals surface area contributed by atoms with Crippen molar-refractivity contribution >= 4 is 23.1 Å². The van der Waals surface area contributed by atoms with Crippen LogP contribution in [0.15, 0.2) is 46.6 Å². The zero-order valence-corrected chi connectivity index (χ0v) is 16.3. The normalized spacial score (nSPS) is 18.1. The van der Waals surface area contributed by atoms with Gasteiger partial charge < -0.3 is 21.7 Å². The van der Waals surface area contributed by atoms with Gasteiger partial charge in [-0.25, -0.2) is 0 Å². The van der Waals surface area contributed by atoms with Crippen LogP contribution in [0, 0.1) is 5.41 Å². The quantitative estimate of drug-likeness (QED) is 0.329. The van der Waals surface area contributed by atoms with Gasteiger partial charge in [-0.3, -0.25) is 10.3 Å². The molecule has 1 aromatic carbocycles. The molecule has 6 N–H and O–H groups in total. The van der Waals surface area contributed by atoms with Crippen molar-refractivity contribution in [2.75, 3.05) is 46.3 Å². The van der Waals surface area contributed by atoms with E-state index in [9.17, 15) is 0 Å². The summed E-state index contributed by atoms with van der Waals surface area (Å²) >= 11 is 6.49. The molecule has 26 heavy (non-hydrogen) atoms. The number of nitrogens with zero attached hydrogens (tertiary/aromatic N) is 2. The third-order valence-electron chi connectivity index (χ3n) is 4.60. The maximum absolute atomic E-state index is 7.91. The number of nitrogens with two attached hydrogens (primary N) is 2. The Morgan fingerprint density at radius 1 is 1.15 bits per heavy atom. The van der Waals surface area contributed by atoms with E-state index < -0.39 is 0 Å². The third kappa shape index (κ3) is 5.49. The Labute approximate surface area is 161 Å². The Hall–Kier alpha value is -2.02. The number of allylic oxidation sites excluding steroid dienone is 1. The molecule has 1 aromatic rings. The van der Waals surface area contributed by atoms with Crippen LogP contribution in [0.1, 0.15) is 12.5 Å². The first-order valence-electron chi connectivity index (χ1n) is 8.81. The second-order valence-electron chi connectivity index (χ2n) is 6.58. The minimum atomic E-state index is -0.0986. The van der Waals surface area contributed by atoms with Crippen molar-refractivity contribution in [2.45, 2.75) is 6.92 Å². The summed E-state index contributed by atoms with van der Waals surface area (Å²) in [6.07, 6.45) is 0. The van der Waals surface area contributed by atoms with E-state index in [-0.39, 0.29) is 5.84 Å². The molecule has 0 bridgehead atoms. The molecular weight excluding hydrogens is 348 g/mol. The minimum absolute atomic E-state index is 0.0986. The van der Waals surface area contributed by atoms with E-state index in [2.05, 4.69) is 22.2 Å². The molecule has 1 aliphatic heterocycles. The lowest BCUT2D eigenvalue weighted by Crippen LogP contribution is -2.46. The number of halogens is 1. The molecule has 1 fully saturated rings. The van der Waals surface area contributed by atoms with Crippen molar-refractivity contribution in [3.05, 3.63) is 52.2 Å². The molecule has 0 radical (unpaired) electrons. The number of benzene rings is 1. The lowest BCUT2D eigenvalue weighted by atomic mass is 10.1. The van der Waals surface area contributed by atoms with Crippen LogP contribution in [-0.2, 0) is 0 Å². The molecule has 142 valence electrons. The highest BCUT2D eigenvalue weighted by Crippen LogP contribution is 2.25. The van der Waals surface area contributed by atoms with E-state index in [4.69, 9.17) is 28.5 Å². The molecule has 7 heteroatoms. The van der Waals surface area contributed by atoms with E-state index in [0.29, 0.717) is 16.3 Å². The van der Waals surface area contributed by atoms with Crippen LogP contribution in [0.3, 0.4) is 0 Å². The average Bonchev–Trinajstić information content (AvgIpc) is 2.63. The Bertz CT molecular complexity index is 675. The molecule has 6 nitrogen and oxygen atoms in total. The molecule has 0 aromatic heterocycles. The highest BCUT2D eigenvalue weighted by Gasteiger charge is 2.16. The van der Waals surface area contributed by atoms with Gasteiger partial charge in [-0.2, -0.15) is 0 Å². The van der Waals surface area contributed by atoms with Crippen LogP contribution in [0.25, 0.3) is 5.70 Å². The number of piperazine rings is 1. The highest BCUT2D eigenvalue weighted by atomic mass is 35.5. The second-order valence-corrected chi connectivity index (χ2v) is 6.96. The summed E-state index contributed by atoms with van der Waals surface area (Å²) in [6.45, 7) is 7.91. The maximum Gasteiger partial charge on any atom is 0.126 e. The summed E-state index contributed by atoms with van der Waals surface area (Å²) in [5.74, 6) is -0.0986. The largest absolute Gasteiger partial charge is 0.397 e. The summed E-state index contributed by atoms with van der Waals surface area (Å²) in [5, 5.41) is 11.6. The molecule has 0 aliphatic carbocycles. The minimum Gasteiger partial charge on any atom is -0.397 e.